The summed E-state index contributed by atoms with van der Waals surface area (Å²) in [5, 5.41) is 8.57. The first kappa shape index (κ1) is 10.9. The molecule has 0 atom stereocenters. The second-order valence-corrected chi connectivity index (χ2v) is 4.07. The summed E-state index contributed by atoms with van der Waals surface area (Å²) in [7, 11) is 0. The molecule has 90 valence electrons. The molecule has 0 spiro atoms. The van der Waals surface area contributed by atoms with E-state index in [1.807, 2.05) is 18.2 Å². The highest BCUT2D eigenvalue weighted by atomic mass is 35.5. The number of hydrogen-bond acceptors (Lipinski definition) is 4. The molecule has 2 heterocycles. The number of benzene rings is 1. The Morgan fingerprint density at radius 2 is 2.00 bits per heavy atom. The fourth-order valence-electron chi connectivity index (χ4n) is 1.68. The Morgan fingerprint density at radius 3 is 2.72 bits per heavy atom. The summed E-state index contributed by atoms with van der Waals surface area (Å²) in [5.41, 5.74) is 7.20. The molecule has 0 saturated heterocycles. The van der Waals surface area contributed by atoms with Gasteiger partial charge < -0.3 is 10.2 Å². The average molecular weight is 261 g/mol. The van der Waals surface area contributed by atoms with Crippen molar-refractivity contribution in [1.29, 1.82) is 0 Å². The molecule has 0 aliphatic rings. The van der Waals surface area contributed by atoms with Gasteiger partial charge in [-0.1, -0.05) is 28.9 Å². The highest BCUT2D eigenvalue weighted by Crippen LogP contribution is 2.28. The van der Waals surface area contributed by atoms with Crippen LogP contribution in [0, 0.1) is 0 Å². The van der Waals surface area contributed by atoms with E-state index in [2.05, 4.69) is 10.3 Å². The van der Waals surface area contributed by atoms with Crippen molar-refractivity contribution in [3.05, 3.63) is 47.7 Å². The predicted molar refractivity (Wildman–Crippen MR) is 68.5 cm³/mol. The first-order chi connectivity index (χ1) is 8.77. The van der Waals surface area contributed by atoms with Gasteiger partial charge in [-0.05, 0) is 24.3 Å². The zero-order valence-corrected chi connectivity index (χ0v) is 10.0. The maximum absolute atomic E-state index is 6.10. The fraction of sp³-hybridized carbons (Fsp3) is 0. The molecular formula is C12H9ClN4O. The third-order valence-corrected chi connectivity index (χ3v) is 2.86. The van der Waals surface area contributed by atoms with Crippen LogP contribution in [0.1, 0.15) is 0 Å². The van der Waals surface area contributed by atoms with Gasteiger partial charge in [-0.3, -0.25) is 0 Å². The molecular weight excluding hydrogens is 252 g/mol. The van der Waals surface area contributed by atoms with Crippen LogP contribution in [-0.2, 0) is 0 Å². The third kappa shape index (κ3) is 1.65. The highest BCUT2D eigenvalue weighted by molar-refractivity contribution is 6.32. The van der Waals surface area contributed by atoms with Gasteiger partial charge in [-0.2, -0.15) is 4.68 Å². The van der Waals surface area contributed by atoms with E-state index in [0.29, 0.717) is 28.0 Å². The van der Waals surface area contributed by atoms with Crippen LogP contribution in [0.3, 0.4) is 0 Å². The molecule has 1 aromatic carbocycles. The highest BCUT2D eigenvalue weighted by Gasteiger charge is 2.16. The number of nitrogen functional groups attached to an aromatic ring is 1. The summed E-state index contributed by atoms with van der Waals surface area (Å²) in [4.78, 5) is 0. The largest absolute Gasteiger partial charge is 0.463 e. The van der Waals surface area contributed by atoms with Crippen LogP contribution in [0.15, 0.2) is 47.1 Å². The van der Waals surface area contributed by atoms with Gasteiger partial charge in [-0.25, -0.2) is 0 Å². The first-order valence-electron chi connectivity index (χ1n) is 5.27. The van der Waals surface area contributed by atoms with Crippen LogP contribution in [0.2, 0.25) is 5.02 Å². The van der Waals surface area contributed by atoms with Crippen LogP contribution >= 0.6 is 11.6 Å². The smallest absolute Gasteiger partial charge is 0.172 e. The van der Waals surface area contributed by atoms with Gasteiger partial charge >= 0.3 is 0 Å². The van der Waals surface area contributed by atoms with Crippen molar-refractivity contribution < 1.29 is 4.42 Å². The number of anilines is 1. The Bertz CT molecular complexity index is 675. The molecule has 0 unspecified atom stereocenters. The van der Waals surface area contributed by atoms with Crippen LogP contribution in [0.25, 0.3) is 17.1 Å². The zero-order chi connectivity index (χ0) is 12.5. The zero-order valence-electron chi connectivity index (χ0n) is 9.25. The van der Waals surface area contributed by atoms with Gasteiger partial charge in [0.25, 0.3) is 0 Å². The van der Waals surface area contributed by atoms with E-state index < -0.39 is 0 Å². The van der Waals surface area contributed by atoms with Crippen LogP contribution < -0.4 is 5.73 Å². The Kier molecular flexibility index (Phi) is 2.53. The second-order valence-electron chi connectivity index (χ2n) is 3.66. The normalized spacial score (nSPS) is 10.7. The number of aromatic nitrogens is 3. The number of para-hydroxylation sites is 1. The molecule has 0 fully saturated rings. The molecule has 18 heavy (non-hydrogen) atoms. The summed E-state index contributed by atoms with van der Waals surface area (Å²) < 4.78 is 6.74. The Hall–Kier alpha value is -2.27. The standard InChI is InChI=1S/C12H9ClN4O/c13-8-4-1-2-5-9(8)17-12(14)11(15-16-17)10-6-3-7-18-10/h1-7H,14H2. The van der Waals surface area contributed by atoms with E-state index in [0.717, 1.165) is 0 Å². The molecule has 0 bridgehead atoms. The van der Waals surface area contributed by atoms with Crippen LogP contribution in [0.4, 0.5) is 5.82 Å². The lowest BCUT2D eigenvalue weighted by atomic mass is 10.3. The minimum Gasteiger partial charge on any atom is -0.463 e. The SMILES string of the molecule is Nc1c(-c2ccco2)nnn1-c1ccccc1Cl. The van der Waals surface area contributed by atoms with Gasteiger partial charge in [-0.15, -0.1) is 5.10 Å². The number of hydrogen-bond donors (Lipinski definition) is 1. The molecule has 3 rings (SSSR count). The second kappa shape index (κ2) is 4.19. The predicted octanol–water partition coefficient (Wildman–Crippen LogP) is 2.76. The fourth-order valence-corrected chi connectivity index (χ4v) is 1.90. The molecule has 0 aliphatic heterocycles. The lowest BCUT2D eigenvalue weighted by Gasteiger charge is -2.04. The first-order valence-corrected chi connectivity index (χ1v) is 5.65. The molecule has 6 heteroatoms. The van der Waals surface area contributed by atoms with Crippen molar-refractivity contribution in [2.24, 2.45) is 0 Å². The minimum atomic E-state index is 0.387. The number of nitrogens with zero attached hydrogens (tertiary/aromatic N) is 3. The minimum absolute atomic E-state index is 0.387. The van der Waals surface area contributed by atoms with Gasteiger partial charge in [0.05, 0.1) is 17.0 Å². The Morgan fingerprint density at radius 1 is 1.17 bits per heavy atom. The van der Waals surface area contributed by atoms with E-state index >= 15 is 0 Å². The Balaban J connectivity index is 2.14. The maximum Gasteiger partial charge on any atom is 0.172 e. The van der Waals surface area contributed by atoms with Crippen LogP contribution in [-0.4, -0.2) is 15.0 Å². The van der Waals surface area contributed by atoms with Gasteiger partial charge in [0.2, 0.25) is 0 Å². The summed E-state index contributed by atoms with van der Waals surface area (Å²) in [5.74, 6) is 0.962. The van der Waals surface area contributed by atoms with E-state index in [1.54, 1.807) is 24.5 Å². The number of nitrogens with two attached hydrogens (primary N) is 1. The van der Waals surface area contributed by atoms with Crippen LogP contribution in [0.5, 0.6) is 0 Å². The summed E-state index contributed by atoms with van der Waals surface area (Å²) in [6, 6.07) is 10.8. The molecule has 0 saturated carbocycles. The van der Waals surface area contributed by atoms with E-state index in [1.165, 1.54) is 4.68 Å². The topological polar surface area (TPSA) is 69.9 Å². The summed E-state index contributed by atoms with van der Waals surface area (Å²) in [6.45, 7) is 0. The van der Waals surface area contributed by atoms with Gasteiger partial charge in [0, 0.05) is 0 Å². The lowest BCUT2D eigenvalue weighted by molar-refractivity contribution is 0.580. The van der Waals surface area contributed by atoms with E-state index in [4.69, 9.17) is 21.8 Å². The third-order valence-electron chi connectivity index (χ3n) is 2.54. The lowest BCUT2D eigenvalue weighted by Crippen LogP contribution is -2.02. The van der Waals surface area contributed by atoms with E-state index in [-0.39, 0.29) is 0 Å². The molecule has 2 aromatic heterocycles. The number of halogens is 1. The van der Waals surface area contributed by atoms with Crippen molar-refractivity contribution in [2.45, 2.75) is 0 Å². The van der Waals surface area contributed by atoms with Crippen molar-refractivity contribution in [1.82, 2.24) is 15.0 Å². The van der Waals surface area contributed by atoms with E-state index in [9.17, 15) is 0 Å². The molecule has 5 nitrogen and oxygen atoms in total. The Labute approximate surface area is 108 Å². The van der Waals surface area contributed by atoms with Crippen molar-refractivity contribution in [2.75, 3.05) is 5.73 Å². The van der Waals surface area contributed by atoms with Gasteiger partial charge in [0.1, 0.15) is 0 Å². The average Bonchev–Trinajstić information content (AvgIpc) is 2.99. The maximum atomic E-state index is 6.10. The summed E-state index contributed by atoms with van der Waals surface area (Å²) >= 11 is 6.10. The summed E-state index contributed by atoms with van der Waals surface area (Å²) in [6.07, 6.45) is 1.56. The quantitative estimate of drug-likeness (QED) is 0.769. The van der Waals surface area contributed by atoms with Gasteiger partial charge in [0.15, 0.2) is 17.3 Å². The number of furan rings is 1. The monoisotopic (exact) mass is 260 g/mol. The molecule has 0 aliphatic carbocycles. The van der Waals surface area contributed by atoms with Crippen molar-refractivity contribution >= 4 is 17.4 Å². The van der Waals surface area contributed by atoms with Crippen molar-refractivity contribution in [3.8, 4) is 17.1 Å². The number of rotatable bonds is 2. The molecule has 0 amide bonds. The van der Waals surface area contributed by atoms with Crippen molar-refractivity contribution in [3.63, 3.8) is 0 Å². The molecule has 0 radical (unpaired) electrons. The molecule has 3 aromatic rings. The molecule has 2 N–H and O–H groups in total.